The Bertz CT molecular complexity index is 1700. The van der Waals surface area contributed by atoms with Gasteiger partial charge in [0.15, 0.2) is 5.69 Å². The molecule has 3 N–H and O–H groups in total. The number of hydrogen-bond acceptors (Lipinski definition) is 6. The second kappa shape index (κ2) is 15.0. The Labute approximate surface area is 274 Å². The predicted octanol–water partition coefficient (Wildman–Crippen LogP) is 6.57. The number of aliphatic hydroxyl groups is 1. The van der Waals surface area contributed by atoms with Crippen LogP contribution in [0, 0.1) is 12.8 Å². The van der Waals surface area contributed by atoms with E-state index in [0.717, 1.165) is 53.4 Å². The molecule has 250 valence electrons. The van der Waals surface area contributed by atoms with Crippen LogP contribution in [0.3, 0.4) is 0 Å². The molecular weight excluding hydrogens is 641 g/mol. The Morgan fingerprint density at radius 2 is 1.70 bits per heavy atom. The van der Waals surface area contributed by atoms with E-state index < -0.39 is 27.5 Å². The molecule has 13 heteroatoms. The van der Waals surface area contributed by atoms with Gasteiger partial charge < -0.3 is 14.7 Å². The normalized spacial score (nSPS) is 18.3. The summed E-state index contributed by atoms with van der Waals surface area (Å²) in [5.41, 5.74) is 1.28. The van der Waals surface area contributed by atoms with Crippen LogP contribution in [0.5, 0.6) is 5.75 Å². The predicted molar refractivity (Wildman–Crippen MR) is 175 cm³/mol. The Morgan fingerprint density at radius 1 is 1.04 bits per heavy atom. The Balaban J connectivity index is 0.000000257. The Hall–Kier alpha value is -3.42. The molecule has 4 aromatic rings. The van der Waals surface area contributed by atoms with Crippen molar-refractivity contribution in [3.63, 3.8) is 0 Å². The van der Waals surface area contributed by atoms with Crippen molar-refractivity contribution in [2.45, 2.75) is 49.3 Å². The van der Waals surface area contributed by atoms with Gasteiger partial charge in [-0.05, 0) is 81.9 Å². The van der Waals surface area contributed by atoms with Crippen molar-refractivity contribution in [2.24, 2.45) is 11.1 Å². The molecule has 5 rings (SSSR count). The van der Waals surface area contributed by atoms with Gasteiger partial charge in [0.1, 0.15) is 5.75 Å². The van der Waals surface area contributed by atoms with Gasteiger partial charge in [0.25, 0.3) is 0 Å². The first-order valence-electron chi connectivity index (χ1n) is 14.5. The number of nitrogens with two attached hydrogens (primary N) is 1. The van der Waals surface area contributed by atoms with Crippen molar-refractivity contribution in [1.29, 1.82) is 0 Å². The summed E-state index contributed by atoms with van der Waals surface area (Å²) in [6.45, 7) is 2.79. The third-order valence-corrected chi connectivity index (χ3v) is 8.88. The number of sulfonamides is 1. The lowest BCUT2D eigenvalue weighted by Crippen LogP contribution is -2.43. The fourth-order valence-electron chi connectivity index (χ4n) is 5.61. The largest absolute Gasteiger partial charge is 0.497 e. The van der Waals surface area contributed by atoms with E-state index in [1.54, 1.807) is 31.4 Å². The van der Waals surface area contributed by atoms with E-state index in [-0.39, 0.29) is 28.7 Å². The van der Waals surface area contributed by atoms with Crippen LogP contribution in [-0.2, 0) is 21.8 Å². The lowest BCUT2D eigenvalue weighted by molar-refractivity contribution is -0.141. The fraction of sp³-hybridized carbons (Fsp3) is 0.364. The maximum absolute atomic E-state index is 13.1. The van der Waals surface area contributed by atoms with Gasteiger partial charge >= 0.3 is 6.18 Å². The van der Waals surface area contributed by atoms with Gasteiger partial charge in [-0.1, -0.05) is 54.8 Å². The topological polar surface area (TPSA) is 111 Å². The molecular formula is C33H40ClF3N4O4S. The number of primary sulfonamides is 1. The molecule has 1 aliphatic rings. The third-order valence-electron chi connectivity index (χ3n) is 7.95. The summed E-state index contributed by atoms with van der Waals surface area (Å²) in [6.07, 6.45) is -0.363. The molecule has 1 fully saturated rings. The van der Waals surface area contributed by atoms with Crippen molar-refractivity contribution < 1.29 is 31.4 Å². The van der Waals surface area contributed by atoms with Crippen molar-refractivity contribution >= 4 is 22.4 Å². The van der Waals surface area contributed by atoms with Crippen LogP contribution in [0.1, 0.15) is 42.5 Å². The number of hydrogen-bond donors (Lipinski definition) is 2. The van der Waals surface area contributed by atoms with Gasteiger partial charge in [-0.3, -0.25) is 0 Å². The fourth-order valence-corrected chi connectivity index (χ4v) is 6.12. The second-order valence-electron chi connectivity index (χ2n) is 11.6. The highest BCUT2D eigenvalue weighted by atomic mass is 35.5. The number of nitrogens with zero attached hydrogens (tertiary/aromatic N) is 3. The number of halogens is 4. The monoisotopic (exact) mass is 680 g/mol. The number of ether oxygens (including phenoxy) is 1. The average Bonchev–Trinajstić information content (AvgIpc) is 3.45. The van der Waals surface area contributed by atoms with E-state index in [0.29, 0.717) is 11.5 Å². The number of alkyl halides is 3. The van der Waals surface area contributed by atoms with E-state index in [2.05, 4.69) is 24.1 Å². The molecule has 0 unspecified atom stereocenters. The number of aryl methyl sites for hydroxylation is 1. The number of rotatable bonds is 7. The first-order valence-corrected chi connectivity index (χ1v) is 16.1. The molecule has 0 radical (unpaired) electrons. The van der Waals surface area contributed by atoms with E-state index >= 15 is 0 Å². The molecule has 1 aromatic heterocycles. The zero-order chi connectivity index (χ0) is 33.0. The van der Waals surface area contributed by atoms with Crippen LogP contribution in [0.15, 0.2) is 83.8 Å². The quantitative estimate of drug-likeness (QED) is 0.229. The smallest absolute Gasteiger partial charge is 0.435 e. The summed E-state index contributed by atoms with van der Waals surface area (Å²) in [6, 6.07) is 21.0. The first-order chi connectivity index (χ1) is 21.1. The molecule has 0 aliphatic heterocycles. The summed E-state index contributed by atoms with van der Waals surface area (Å²) < 4.78 is 68.5. The number of aromatic nitrogens is 2. The number of methoxy groups -OCH3 is 1. The van der Waals surface area contributed by atoms with Gasteiger partial charge in [0.05, 0.1) is 29.0 Å². The van der Waals surface area contributed by atoms with Crippen LogP contribution in [0.25, 0.3) is 16.9 Å². The van der Waals surface area contributed by atoms with Crippen LogP contribution in [0.2, 0.25) is 0 Å². The second-order valence-corrected chi connectivity index (χ2v) is 13.2. The zero-order valence-corrected chi connectivity index (χ0v) is 27.8. The highest BCUT2D eigenvalue weighted by Gasteiger charge is 2.40. The minimum absolute atomic E-state index is 0. The van der Waals surface area contributed by atoms with Gasteiger partial charge in [-0.25, -0.2) is 18.2 Å². The molecule has 2 atom stereocenters. The first kappa shape index (κ1) is 37.0. The average molecular weight is 681 g/mol. The molecule has 3 aromatic carbocycles. The Kier molecular flexibility index (Phi) is 12.1. The highest BCUT2D eigenvalue weighted by Crippen LogP contribution is 2.42. The van der Waals surface area contributed by atoms with E-state index in [4.69, 9.17) is 9.88 Å². The SMILES string of the molecule is COc1cccc([C@@]2(O)CCCC[C@@H]2CN(C)C)c1.Cc1ccc(-c2cc(C(F)(F)F)nn2-c2ccc(S(N)(=O)=O)cc2)cc1.Cl. The van der Waals surface area contributed by atoms with Gasteiger partial charge in [0, 0.05) is 18.0 Å². The summed E-state index contributed by atoms with van der Waals surface area (Å²) in [4.78, 5) is 2.03. The van der Waals surface area contributed by atoms with E-state index in [9.17, 15) is 26.7 Å². The summed E-state index contributed by atoms with van der Waals surface area (Å²) in [7, 11) is 1.91. The van der Waals surface area contributed by atoms with Crippen LogP contribution >= 0.6 is 12.4 Å². The van der Waals surface area contributed by atoms with Gasteiger partial charge in [0.2, 0.25) is 10.0 Å². The van der Waals surface area contributed by atoms with E-state index in [1.807, 2.05) is 31.2 Å². The maximum atomic E-state index is 13.1. The molecule has 1 heterocycles. The molecule has 0 saturated heterocycles. The zero-order valence-electron chi connectivity index (χ0n) is 26.2. The summed E-state index contributed by atoms with van der Waals surface area (Å²) >= 11 is 0. The minimum Gasteiger partial charge on any atom is -0.497 e. The molecule has 0 amide bonds. The van der Waals surface area contributed by atoms with Crippen molar-refractivity contribution in [3.05, 3.63) is 95.7 Å². The lowest BCUT2D eigenvalue weighted by Gasteiger charge is -2.41. The molecule has 46 heavy (non-hydrogen) atoms. The van der Waals surface area contributed by atoms with Crippen LogP contribution in [0.4, 0.5) is 13.2 Å². The Morgan fingerprint density at radius 3 is 2.26 bits per heavy atom. The van der Waals surface area contributed by atoms with Gasteiger partial charge in [-0.15, -0.1) is 12.4 Å². The van der Waals surface area contributed by atoms with Crippen molar-refractivity contribution in [2.75, 3.05) is 27.7 Å². The molecule has 1 saturated carbocycles. The minimum atomic E-state index is -4.61. The maximum Gasteiger partial charge on any atom is 0.435 e. The van der Waals surface area contributed by atoms with E-state index in [1.165, 1.54) is 30.7 Å². The summed E-state index contributed by atoms with van der Waals surface area (Å²) in [5, 5.41) is 19.9. The van der Waals surface area contributed by atoms with Crippen molar-refractivity contribution in [1.82, 2.24) is 14.7 Å². The van der Waals surface area contributed by atoms with Gasteiger partial charge in [-0.2, -0.15) is 18.3 Å². The highest BCUT2D eigenvalue weighted by molar-refractivity contribution is 7.89. The number of benzene rings is 3. The molecule has 0 bridgehead atoms. The lowest BCUT2D eigenvalue weighted by atomic mass is 9.71. The summed E-state index contributed by atoms with van der Waals surface area (Å²) in [5.74, 6) is 1.11. The van der Waals surface area contributed by atoms with Crippen LogP contribution in [-0.4, -0.2) is 56.0 Å². The molecule has 8 nitrogen and oxygen atoms in total. The molecule has 0 spiro atoms. The van der Waals surface area contributed by atoms with Crippen molar-refractivity contribution in [3.8, 4) is 22.7 Å². The third kappa shape index (κ3) is 8.89. The molecule has 1 aliphatic carbocycles. The standard InChI is InChI=1S/C17H14F3N3O2S.C16H25NO2.ClH/c1-11-2-4-12(5-3-11)15-10-16(17(18,19)20)22-23(15)13-6-8-14(9-7-13)26(21,24)25;1-17(2)12-14-7-4-5-10-16(14,18)13-8-6-9-15(11-13)19-3;/h2-10H,1H3,(H2,21,24,25);6,8-9,11,14,18H,4-5,7,10,12H2,1-3H3;1H/t;14-,16+;/m.1./s1. The van der Waals surface area contributed by atoms with Crippen LogP contribution < -0.4 is 9.88 Å².